The van der Waals surface area contributed by atoms with Gasteiger partial charge in [-0.2, -0.15) is 0 Å². The van der Waals surface area contributed by atoms with Gasteiger partial charge < -0.3 is 9.54 Å². The average Bonchev–Trinajstić information content (AvgIpc) is 2.41. The molecule has 2 rings (SSSR count). The maximum Gasteiger partial charge on any atom is 1.00 e. The first-order valence-corrected chi connectivity index (χ1v) is 5.30. The smallest absolute Gasteiger partial charge is 0.744 e. The molecule has 1 aromatic heterocycles. The van der Waals surface area contributed by atoms with Gasteiger partial charge in [-0.05, 0) is 19.1 Å². The molecule has 0 aliphatic heterocycles. The van der Waals surface area contributed by atoms with Crippen LogP contribution in [-0.2, 0) is 10.1 Å². The van der Waals surface area contributed by atoms with Gasteiger partial charge in [0.2, 0.25) is 0 Å². The number of H-pyrrole nitrogens is 1. The van der Waals surface area contributed by atoms with E-state index in [1.807, 2.05) is 0 Å². The van der Waals surface area contributed by atoms with E-state index in [0.29, 0.717) is 11.3 Å². The summed E-state index contributed by atoms with van der Waals surface area (Å²) in [4.78, 5) is 6.52. The third kappa shape index (κ3) is 2.67. The maximum absolute atomic E-state index is 10.8. The van der Waals surface area contributed by atoms with Crippen LogP contribution in [0, 0.1) is 6.92 Å². The molecular formula is C8H7KN2O3S. The van der Waals surface area contributed by atoms with E-state index in [2.05, 4.69) is 9.97 Å². The second-order valence-corrected chi connectivity index (χ2v) is 4.28. The first-order chi connectivity index (χ1) is 6.48. The number of aromatic nitrogens is 2. The van der Waals surface area contributed by atoms with E-state index in [1.54, 1.807) is 13.0 Å². The van der Waals surface area contributed by atoms with Gasteiger partial charge in [0.1, 0.15) is 21.5 Å². The molecule has 0 aliphatic rings. The molecular weight excluding hydrogens is 243 g/mol. The van der Waals surface area contributed by atoms with Crippen molar-refractivity contribution in [1.82, 2.24) is 9.97 Å². The summed E-state index contributed by atoms with van der Waals surface area (Å²) in [6.45, 7) is 1.70. The number of hydrogen-bond donors (Lipinski definition) is 1. The Kier molecular flexibility index (Phi) is 4.10. The van der Waals surface area contributed by atoms with Crippen molar-refractivity contribution < 1.29 is 64.4 Å². The number of benzene rings is 1. The molecule has 0 aliphatic carbocycles. The van der Waals surface area contributed by atoms with Crippen LogP contribution in [0.1, 0.15) is 5.82 Å². The van der Waals surface area contributed by atoms with E-state index in [0.717, 1.165) is 0 Å². The van der Waals surface area contributed by atoms with Crippen LogP contribution in [0.2, 0.25) is 0 Å². The van der Waals surface area contributed by atoms with Crippen molar-refractivity contribution in [2.24, 2.45) is 0 Å². The van der Waals surface area contributed by atoms with Gasteiger partial charge in [0, 0.05) is 0 Å². The van der Waals surface area contributed by atoms with E-state index >= 15 is 0 Å². The zero-order valence-corrected chi connectivity index (χ0v) is 12.3. The minimum Gasteiger partial charge on any atom is -0.744 e. The summed E-state index contributed by atoms with van der Waals surface area (Å²) in [7, 11) is -4.45. The third-order valence-electron chi connectivity index (χ3n) is 1.86. The molecule has 1 aromatic carbocycles. The van der Waals surface area contributed by atoms with Gasteiger partial charge in [0.05, 0.1) is 10.4 Å². The number of para-hydroxylation sites is 1. The molecule has 0 radical (unpaired) electrons. The molecule has 0 bridgehead atoms. The van der Waals surface area contributed by atoms with Crippen LogP contribution in [0.15, 0.2) is 23.1 Å². The SMILES string of the molecule is Cc1nc2c(S(=O)(=O)[O-])cccc2[nH]1.[K+]. The van der Waals surface area contributed by atoms with Crippen molar-refractivity contribution in [2.75, 3.05) is 0 Å². The van der Waals surface area contributed by atoms with Crippen LogP contribution >= 0.6 is 0 Å². The van der Waals surface area contributed by atoms with Crippen molar-refractivity contribution in [1.29, 1.82) is 0 Å². The van der Waals surface area contributed by atoms with Crippen LogP contribution in [0.5, 0.6) is 0 Å². The van der Waals surface area contributed by atoms with Crippen molar-refractivity contribution in [3.8, 4) is 0 Å². The normalized spacial score (nSPS) is 11.3. The summed E-state index contributed by atoms with van der Waals surface area (Å²) in [5.41, 5.74) is 0.763. The van der Waals surface area contributed by atoms with Crippen LogP contribution in [0.25, 0.3) is 11.0 Å². The second kappa shape index (κ2) is 4.62. The molecule has 0 saturated carbocycles. The van der Waals surface area contributed by atoms with Crippen LogP contribution < -0.4 is 51.4 Å². The summed E-state index contributed by atoms with van der Waals surface area (Å²) >= 11 is 0. The van der Waals surface area contributed by atoms with Crippen molar-refractivity contribution in [3.63, 3.8) is 0 Å². The number of fused-ring (bicyclic) bond motifs is 1. The molecule has 0 atom stereocenters. The van der Waals surface area contributed by atoms with E-state index in [4.69, 9.17) is 0 Å². The first-order valence-electron chi connectivity index (χ1n) is 3.90. The van der Waals surface area contributed by atoms with Gasteiger partial charge in [-0.15, -0.1) is 0 Å². The zero-order chi connectivity index (χ0) is 10.3. The molecule has 0 fully saturated rings. The van der Waals surface area contributed by atoms with Gasteiger partial charge in [0.25, 0.3) is 0 Å². The minimum absolute atomic E-state index is 0. The Morgan fingerprint density at radius 2 is 2.07 bits per heavy atom. The zero-order valence-electron chi connectivity index (χ0n) is 8.31. The third-order valence-corrected chi connectivity index (χ3v) is 2.73. The van der Waals surface area contributed by atoms with E-state index in [9.17, 15) is 13.0 Å². The van der Waals surface area contributed by atoms with Crippen LogP contribution in [0.4, 0.5) is 0 Å². The van der Waals surface area contributed by atoms with Crippen molar-refractivity contribution in [2.45, 2.75) is 11.8 Å². The summed E-state index contributed by atoms with van der Waals surface area (Å²) in [6, 6.07) is 4.43. The molecule has 15 heavy (non-hydrogen) atoms. The average molecular weight is 250 g/mol. The summed E-state index contributed by atoms with van der Waals surface area (Å²) in [5, 5.41) is 0. The molecule has 0 saturated heterocycles. The Bertz CT molecular complexity index is 591. The minimum atomic E-state index is -4.45. The monoisotopic (exact) mass is 250 g/mol. The van der Waals surface area contributed by atoms with Gasteiger partial charge in [-0.3, -0.25) is 0 Å². The predicted molar refractivity (Wildman–Crippen MR) is 48.8 cm³/mol. The number of nitrogens with one attached hydrogen (secondary N) is 1. The van der Waals surface area contributed by atoms with Crippen molar-refractivity contribution >= 4 is 21.2 Å². The predicted octanol–water partition coefficient (Wildman–Crippen LogP) is -2.22. The molecule has 2 aromatic rings. The largest absolute Gasteiger partial charge is 1.00 e. The van der Waals surface area contributed by atoms with Gasteiger partial charge in [-0.1, -0.05) is 6.07 Å². The van der Waals surface area contributed by atoms with Gasteiger partial charge in [0.15, 0.2) is 0 Å². The number of nitrogens with zero attached hydrogens (tertiary/aromatic N) is 1. The Labute approximate surface area is 129 Å². The topological polar surface area (TPSA) is 85.9 Å². The molecule has 0 amide bonds. The van der Waals surface area contributed by atoms with Crippen LogP contribution in [-0.4, -0.2) is 22.9 Å². The number of aromatic amines is 1. The second-order valence-electron chi connectivity index (χ2n) is 2.93. The van der Waals surface area contributed by atoms with E-state index < -0.39 is 10.1 Å². The number of rotatable bonds is 1. The van der Waals surface area contributed by atoms with Crippen molar-refractivity contribution in [3.05, 3.63) is 24.0 Å². The molecule has 74 valence electrons. The molecule has 0 unspecified atom stereocenters. The van der Waals surface area contributed by atoms with Gasteiger partial charge in [-0.25, -0.2) is 13.4 Å². The number of hydrogen-bond acceptors (Lipinski definition) is 4. The van der Waals surface area contributed by atoms with Gasteiger partial charge >= 0.3 is 51.4 Å². The van der Waals surface area contributed by atoms with Crippen LogP contribution in [0.3, 0.4) is 0 Å². The summed E-state index contributed by atoms with van der Waals surface area (Å²) in [5.74, 6) is 0.580. The Morgan fingerprint density at radius 3 is 2.67 bits per heavy atom. The molecule has 0 spiro atoms. The van der Waals surface area contributed by atoms with E-state index in [1.165, 1.54) is 12.1 Å². The molecule has 7 heteroatoms. The Morgan fingerprint density at radius 1 is 1.40 bits per heavy atom. The Hall–Kier alpha value is 0.236. The quantitative estimate of drug-likeness (QED) is 0.459. The van der Waals surface area contributed by atoms with E-state index in [-0.39, 0.29) is 61.8 Å². The first kappa shape index (κ1) is 13.3. The molecule has 5 nitrogen and oxygen atoms in total. The fourth-order valence-corrected chi connectivity index (χ4v) is 1.97. The Balaban J connectivity index is 0.00000112. The number of imidazole rings is 1. The standard InChI is InChI=1S/C8H8N2O3S.K/c1-5-9-6-3-2-4-7(8(6)10-5)14(11,12)13;/h2-4H,1H3,(H,9,10)(H,11,12,13);/q;+1/p-1. The molecule has 1 heterocycles. The fraction of sp³-hybridized carbons (Fsp3) is 0.125. The number of aryl methyl sites for hydroxylation is 1. The maximum atomic E-state index is 10.8. The summed E-state index contributed by atoms with van der Waals surface area (Å²) < 4.78 is 32.5. The summed E-state index contributed by atoms with van der Waals surface area (Å²) in [6.07, 6.45) is 0. The molecule has 1 N–H and O–H groups in total. The fourth-order valence-electron chi connectivity index (χ4n) is 1.33.